The molecule has 114 valence electrons. The lowest BCUT2D eigenvalue weighted by Crippen LogP contribution is -2.50. The van der Waals surface area contributed by atoms with Crippen molar-refractivity contribution in [3.05, 3.63) is 0 Å². The van der Waals surface area contributed by atoms with Crippen molar-refractivity contribution in [1.82, 2.24) is 14.7 Å². The van der Waals surface area contributed by atoms with Gasteiger partial charge in [0.25, 0.3) is 0 Å². The van der Waals surface area contributed by atoms with Gasteiger partial charge in [0.15, 0.2) is 0 Å². The molecular weight excluding hydrogens is 248 g/mol. The van der Waals surface area contributed by atoms with E-state index in [0.29, 0.717) is 0 Å². The molecule has 0 aromatic heterocycles. The molecule has 4 heteroatoms. The third-order valence-corrected chi connectivity index (χ3v) is 4.71. The second kappa shape index (κ2) is 8.61. The summed E-state index contributed by atoms with van der Waals surface area (Å²) < 4.78 is 0. The van der Waals surface area contributed by atoms with E-state index >= 15 is 0 Å². The molecule has 2 fully saturated rings. The number of nitriles is 1. The molecule has 4 nitrogen and oxygen atoms in total. The summed E-state index contributed by atoms with van der Waals surface area (Å²) in [4.78, 5) is 7.55. The molecular formula is C16H30N4. The Morgan fingerprint density at radius 2 is 1.55 bits per heavy atom. The van der Waals surface area contributed by atoms with E-state index in [1.807, 2.05) is 0 Å². The van der Waals surface area contributed by atoms with E-state index in [1.54, 1.807) is 0 Å². The number of piperazine rings is 1. The van der Waals surface area contributed by atoms with Crippen LogP contribution in [0.15, 0.2) is 0 Å². The summed E-state index contributed by atoms with van der Waals surface area (Å²) in [7, 11) is 0. The maximum atomic E-state index is 9.23. The molecule has 0 N–H and O–H groups in total. The largest absolute Gasteiger partial charge is 0.303 e. The summed E-state index contributed by atoms with van der Waals surface area (Å²) in [5.41, 5.74) is 0. The van der Waals surface area contributed by atoms with Crippen LogP contribution < -0.4 is 0 Å². The highest BCUT2D eigenvalue weighted by Crippen LogP contribution is 2.12. The van der Waals surface area contributed by atoms with Crippen LogP contribution in [-0.2, 0) is 0 Å². The van der Waals surface area contributed by atoms with Crippen LogP contribution >= 0.6 is 0 Å². The van der Waals surface area contributed by atoms with Crippen LogP contribution in [0.5, 0.6) is 0 Å². The normalized spacial score (nSPS) is 23.8. The summed E-state index contributed by atoms with van der Waals surface area (Å²) in [6, 6.07) is 2.61. The molecule has 2 rings (SSSR count). The third kappa shape index (κ3) is 4.73. The number of likely N-dealkylation sites (tertiary alicyclic amines) is 1. The van der Waals surface area contributed by atoms with E-state index in [9.17, 15) is 5.26 Å². The fourth-order valence-electron chi connectivity index (χ4n) is 3.42. The van der Waals surface area contributed by atoms with Gasteiger partial charge < -0.3 is 9.80 Å². The smallest absolute Gasteiger partial charge is 0.0978 e. The number of nitrogens with zero attached hydrogens (tertiary/aromatic N) is 4. The first kappa shape index (κ1) is 15.8. The zero-order valence-corrected chi connectivity index (χ0v) is 13.1. The molecule has 20 heavy (non-hydrogen) atoms. The topological polar surface area (TPSA) is 33.5 Å². The van der Waals surface area contributed by atoms with Crippen molar-refractivity contribution in [3.8, 4) is 6.07 Å². The van der Waals surface area contributed by atoms with E-state index in [0.717, 1.165) is 39.0 Å². The predicted molar refractivity (Wildman–Crippen MR) is 82.6 cm³/mol. The molecule has 0 spiro atoms. The maximum Gasteiger partial charge on any atom is 0.0978 e. The standard InChI is InChI=1S/C16H30N4/c1-2-6-16(15-17)20-13-11-19(12-14-20)10-5-9-18-7-3-4-8-18/h16H,2-14H2,1H3. The Morgan fingerprint density at radius 1 is 0.950 bits per heavy atom. The van der Waals surface area contributed by atoms with Crippen molar-refractivity contribution in [2.24, 2.45) is 0 Å². The van der Waals surface area contributed by atoms with Gasteiger partial charge in [0.2, 0.25) is 0 Å². The van der Waals surface area contributed by atoms with Gasteiger partial charge in [-0.1, -0.05) is 13.3 Å². The lowest BCUT2D eigenvalue weighted by molar-refractivity contribution is 0.107. The quantitative estimate of drug-likeness (QED) is 0.711. The van der Waals surface area contributed by atoms with Crippen molar-refractivity contribution < 1.29 is 0 Å². The first-order valence-electron chi connectivity index (χ1n) is 8.42. The molecule has 2 aliphatic heterocycles. The summed E-state index contributed by atoms with van der Waals surface area (Å²) in [5.74, 6) is 0. The second-order valence-corrected chi connectivity index (χ2v) is 6.21. The Morgan fingerprint density at radius 3 is 2.10 bits per heavy atom. The summed E-state index contributed by atoms with van der Waals surface area (Å²) in [5, 5.41) is 9.23. The molecule has 0 aromatic rings. The van der Waals surface area contributed by atoms with Gasteiger partial charge in [0.1, 0.15) is 0 Å². The van der Waals surface area contributed by atoms with Gasteiger partial charge in [-0.2, -0.15) is 5.26 Å². The fraction of sp³-hybridized carbons (Fsp3) is 0.938. The minimum Gasteiger partial charge on any atom is -0.303 e. The first-order chi connectivity index (χ1) is 9.83. The molecule has 0 amide bonds. The lowest BCUT2D eigenvalue weighted by Gasteiger charge is -2.37. The van der Waals surface area contributed by atoms with E-state index in [2.05, 4.69) is 27.7 Å². The van der Waals surface area contributed by atoms with E-state index in [-0.39, 0.29) is 6.04 Å². The van der Waals surface area contributed by atoms with Crippen LogP contribution in [0.2, 0.25) is 0 Å². The molecule has 0 aromatic carbocycles. The summed E-state index contributed by atoms with van der Waals surface area (Å²) in [6.07, 6.45) is 6.22. The maximum absolute atomic E-state index is 9.23. The van der Waals surface area contributed by atoms with Crippen LogP contribution in [0.4, 0.5) is 0 Å². The predicted octanol–water partition coefficient (Wildman–Crippen LogP) is 1.78. The molecule has 2 saturated heterocycles. The average Bonchev–Trinajstić information content (AvgIpc) is 2.99. The Labute approximate surface area is 124 Å². The summed E-state index contributed by atoms with van der Waals surface area (Å²) in [6.45, 7) is 11.7. The average molecular weight is 278 g/mol. The van der Waals surface area contributed by atoms with E-state index < -0.39 is 0 Å². The number of rotatable bonds is 7. The van der Waals surface area contributed by atoms with E-state index in [1.165, 1.54) is 45.4 Å². The Hall–Kier alpha value is -0.630. The zero-order valence-electron chi connectivity index (χ0n) is 13.1. The van der Waals surface area contributed by atoms with Crippen molar-refractivity contribution >= 4 is 0 Å². The van der Waals surface area contributed by atoms with Crippen LogP contribution in [0.25, 0.3) is 0 Å². The minimum atomic E-state index is 0.145. The van der Waals surface area contributed by atoms with Gasteiger partial charge in [-0.15, -0.1) is 0 Å². The van der Waals surface area contributed by atoms with Crippen molar-refractivity contribution in [1.29, 1.82) is 5.26 Å². The van der Waals surface area contributed by atoms with Crippen LogP contribution in [0.1, 0.15) is 39.0 Å². The first-order valence-corrected chi connectivity index (χ1v) is 8.42. The number of hydrogen-bond acceptors (Lipinski definition) is 4. The highest BCUT2D eigenvalue weighted by molar-refractivity contribution is 4.93. The Kier molecular flexibility index (Phi) is 6.78. The fourth-order valence-corrected chi connectivity index (χ4v) is 3.42. The Bertz CT molecular complexity index is 298. The van der Waals surface area contributed by atoms with Gasteiger partial charge in [-0.3, -0.25) is 4.90 Å². The third-order valence-electron chi connectivity index (χ3n) is 4.71. The molecule has 2 heterocycles. The molecule has 0 bridgehead atoms. The van der Waals surface area contributed by atoms with Crippen molar-refractivity contribution in [3.63, 3.8) is 0 Å². The molecule has 2 aliphatic rings. The number of hydrogen-bond donors (Lipinski definition) is 0. The van der Waals surface area contributed by atoms with Gasteiger partial charge in [-0.05, 0) is 51.9 Å². The lowest BCUT2D eigenvalue weighted by atomic mass is 10.1. The van der Waals surface area contributed by atoms with Crippen LogP contribution in [0, 0.1) is 11.3 Å². The monoisotopic (exact) mass is 278 g/mol. The SMILES string of the molecule is CCCC(C#N)N1CCN(CCCN2CCCC2)CC1. The highest BCUT2D eigenvalue weighted by Gasteiger charge is 2.22. The summed E-state index contributed by atoms with van der Waals surface area (Å²) >= 11 is 0. The molecule has 0 aliphatic carbocycles. The van der Waals surface area contributed by atoms with Gasteiger partial charge >= 0.3 is 0 Å². The van der Waals surface area contributed by atoms with Gasteiger partial charge in [0.05, 0.1) is 12.1 Å². The highest BCUT2D eigenvalue weighted by atomic mass is 15.3. The van der Waals surface area contributed by atoms with Gasteiger partial charge in [-0.25, -0.2) is 0 Å². The van der Waals surface area contributed by atoms with Gasteiger partial charge in [0, 0.05) is 26.2 Å². The van der Waals surface area contributed by atoms with Crippen molar-refractivity contribution in [2.75, 3.05) is 52.4 Å². The zero-order chi connectivity index (χ0) is 14.2. The van der Waals surface area contributed by atoms with Crippen LogP contribution in [0.3, 0.4) is 0 Å². The van der Waals surface area contributed by atoms with E-state index in [4.69, 9.17) is 0 Å². The molecule has 1 atom stereocenters. The van der Waals surface area contributed by atoms with Crippen LogP contribution in [-0.4, -0.2) is 73.1 Å². The molecule has 1 unspecified atom stereocenters. The molecule has 0 saturated carbocycles. The molecule has 0 radical (unpaired) electrons. The minimum absolute atomic E-state index is 0.145. The second-order valence-electron chi connectivity index (χ2n) is 6.21. The van der Waals surface area contributed by atoms with Crippen molar-refractivity contribution in [2.45, 2.75) is 45.1 Å². The Balaban J connectivity index is 1.60.